The third-order valence-corrected chi connectivity index (χ3v) is 4.97. The second-order valence-corrected chi connectivity index (χ2v) is 7.01. The number of thiazole rings is 1. The van der Waals surface area contributed by atoms with Gasteiger partial charge in [-0.05, 0) is 12.8 Å². The largest absolute Gasteiger partial charge is 0.398 e. The van der Waals surface area contributed by atoms with Crippen molar-refractivity contribution in [3.8, 4) is 0 Å². The summed E-state index contributed by atoms with van der Waals surface area (Å²) >= 11 is 1.36. The van der Waals surface area contributed by atoms with Gasteiger partial charge in [0.15, 0.2) is 0 Å². The van der Waals surface area contributed by atoms with Gasteiger partial charge in [0.05, 0.1) is 17.7 Å². The number of pyridine rings is 1. The highest BCUT2D eigenvalue weighted by molar-refractivity contribution is 7.11. The van der Waals surface area contributed by atoms with Crippen LogP contribution < -0.4 is 16.0 Å². The van der Waals surface area contributed by atoms with E-state index in [4.69, 9.17) is 15.9 Å². The summed E-state index contributed by atoms with van der Waals surface area (Å²) < 4.78 is 5.04. The molecule has 0 saturated heterocycles. The van der Waals surface area contributed by atoms with E-state index in [0.717, 1.165) is 19.1 Å². The molecule has 0 radical (unpaired) electrons. The molecule has 2 heterocycles. The van der Waals surface area contributed by atoms with Gasteiger partial charge in [0.1, 0.15) is 16.6 Å². The fraction of sp³-hybridized carbons (Fsp3) is 0.333. The van der Waals surface area contributed by atoms with Gasteiger partial charge >= 0.3 is 0 Å². The van der Waals surface area contributed by atoms with Crippen molar-refractivity contribution in [1.82, 2.24) is 9.97 Å². The Bertz CT molecular complexity index is 848. The molecule has 8 nitrogen and oxygen atoms in total. The van der Waals surface area contributed by atoms with Gasteiger partial charge in [-0.1, -0.05) is 6.58 Å². The van der Waals surface area contributed by atoms with E-state index in [0.29, 0.717) is 46.6 Å². The van der Waals surface area contributed by atoms with Crippen LogP contribution in [0, 0.1) is 5.41 Å². The maximum absolute atomic E-state index is 13.2. The lowest BCUT2D eigenvalue weighted by atomic mass is 10.1. The van der Waals surface area contributed by atoms with E-state index in [-0.39, 0.29) is 11.9 Å². The normalized spacial score (nSPS) is 13.2. The number of carbonyl (C=O) groups excluding carboxylic acids is 1. The highest BCUT2D eigenvalue weighted by Gasteiger charge is 2.37. The first-order chi connectivity index (χ1) is 13.1. The van der Waals surface area contributed by atoms with Gasteiger partial charge in [-0.15, -0.1) is 11.3 Å². The van der Waals surface area contributed by atoms with Gasteiger partial charge in [0, 0.05) is 49.2 Å². The first kappa shape index (κ1) is 19.0. The molecule has 1 amide bonds. The highest BCUT2D eigenvalue weighted by Crippen LogP contribution is 2.37. The number of methoxy groups -OCH3 is 1. The van der Waals surface area contributed by atoms with E-state index >= 15 is 0 Å². The standard InChI is InChI=1S/C18H22N6O2S/c1-11(17-22-6-8-27-17)18(25)24(12-3-4-12)16-13(10-19)14(20)9-15(23-16)21-5-7-26-2/h6,8-10,12,19H,1,3-5,7H2,2H3,(H3,20,21,23). The molecule has 0 aromatic carbocycles. The van der Waals surface area contributed by atoms with E-state index in [2.05, 4.69) is 21.9 Å². The average molecular weight is 386 g/mol. The summed E-state index contributed by atoms with van der Waals surface area (Å²) in [7, 11) is 1.62. The van der Waals surface area contributed by atoms with Crippen molar-refractivity contribution in [2.45, 2.75) is 18.9 Å². The highest BCUT2D eigenvalue weighted by atomic mass is 32.1. The number of nitrogen functional groups attached to an aromatic ring is 1. The van der Waals surface area contributed by atoms with E-state index in [9.17, 15) is 4.79 Å². The summed E-state index contributed by atoms with van der Waals surface area (Å²) in [5.41, 5.74) is 7.24. The number of rotatable bonds is 9. The molecule has 142 valence electrons. The summed E-state index contributed by atoms with van der Waals surface area (Å²) in [6, 6.07) is 1.68. The lowest BCUT2D eigenvalue weighted by molar-refractivity contribution is -0.113. The van der Waals surface area contributed by atoms with Gasteiger partial charge < -0.3 is 21.2 Å². The van der Waals surface area contributed by atoms with Crippen LogP contribution in [-0.2, 0) is 9.53 Å². The Morgan fingerprint density at radius 2 is 2.37 bits per heavy atom. The average Bonchev–Trinajstić information content (AvgIpc) is 3.33. The SMILES string of the molecule is C=C(C(=O)N(c1nc(NCCOC)cc(N)c1C=N)C1CC1)c1nccs1. The van der Waals surface area contributed by atoms with E-state index in [1.54, 1.807) is 29.7 Å². The van der Waals surface area contributed by atoms with Crippen LogP contribution in [0.25, 0.3) is 5.57 Å². The molecular weight excluding hydrogens is 364 g/mol. The Morgan fingerprint density at radius 1 is 1.59 bits per heavy atom. The summed E-state index contributed by atoms with van der Waals surface area (Å²) in [5.74, 6) is 0.634. The Kier molecular flexibility index (Phi) is 5.82. The second-order valence-electron chi connectivity index (χ2n) is 6.12. The number of hydrogen-bond donors (Lipinski definition) is 3. The number of nitrogens with two attached hydrogens (primary N) is 1. The zero-order valence-corrected chi connectivity index (χ0v) is 15.9. The summed E-state index contributed by atoms with van der Waals surface area (Å²) in [4.78, 5) is 23.5. The Hall–Kier alpha value is -2.78. The van der Waals surface area contributed by atoms with Crippen molar-refractivity contribution < 1.29 is 9.53 Å². The molecule has 4 N–H and O–H groups in total. The molecule has 1 aliphatic carbocycles. The van der Waals surface area contributed by atoms with Crippen LogP contribution in [0.1, 0.15) is 23.4 Å². The predicted molar refractivity (Wildman–Crippen MR) is 109 cm³/mol. The third-order valence-electron chi connectivity index (χ3n) is 4.13. The van der Waals surface area contributed by atoms with Crippen molar-refractivity contribution in [3.05, 3.63) is 34.8 Å². The number of amides is 1. The summed E-state index contributed by atoms with van der Waals surface area (Å²) in [6.45, 7) is 4.98. The van der Waals surface area contributed by atoms with E-state index in [1.807, 2.05) is 0 Å². The lowest BCUT2D eigenvalue weighted by Gasteiger charge is -2.25. The van der Waals surface area contributed by atoms with Crippen molar-refractivity contribution in [2.75, 3.05) is 36.2 Å². The van der Waals surface area contributed by atoms with Crippen LogP contribution in [0.4, 0.5) is 17.3 Å². The van der Waals surface area contributed by atoms with Crippen molar-refractivity contribution >= 4 is 46.4 Å². The number of anilines is 3. The van der Waals surface area contributed by atoms with Crippen LogP contribution in [0.2, 0.25) is 0 Å². The van der Waals surface area contributed by atoms with E-state index in [1.165, 1.54) is 11.3 Å². The molecule has 1 saturated carbocycles. The molecule has 0 atom stereocenters. The third kappa shape index (κ3) is 4.15. The fourth-order valence-electron chi connectivity index (χ4n) is 2.64. The first-order valence-electron chi connectivity index (χ1n) is 8.53. The fourth-order valence-corrected chi connectivity index (χ4v) is 3.24. The van der Waals surface area contributed by atoms with Gasteiger partial charge in [-0.2, -0.15) is 0 Å². The minimum Gasteiger partial charge on any atom is -0.398 e. The van der Waals surface area contributed by atoms with Crippen LogP contribution in [0.15, 0.2) is 24.2 Å². The van der Waals surface area contributed by atoms with E-state index < -0.39 is 0 Å². The predicted octanol–water partition coefficient (Wildman–Crippen LogP) is 2.39. The van der Waals surface area contributed by atoms with Crippen LogP contribution in [-0.4, -0.2) is 48.4 Å². The molecule has 27 heavy (non-hydrogen) atoms. The van der Waals surface area contributed by atoms with Gasteiger partial charge in [-0.3, -0.25) is 9.69 Å². The Labute approximate surface area is 161 Å². The van der Waals surface area contributed by atoms with Crippen molar-refractivity contribution in [3.63, 3.8) is 0 Å². The Balaban J connectivity index is 1.97. The van der Waals surface area contributed by atoms with Gasteiger partial charge in [-0.25, -0.2) is 9.97 Å². The lowest BCUT2D eigenvalue weighted by Crippen LogP contribution is -2.35. The molecule has 1 fully saturated rings. The molecule has 3 rings (SSSR count). The molecule has 1 aliphatic rings. The zero-order valence-electron chi connectivity index (χ0n) is 15.1. The first-order valence-corrected chi connectivity index (χ1v) is 9.41. The molecule has 0 bridgehead atoms. The van der Waals surface area contributed by atoms with Crippen molar-refractivity contribution in [1.29, 1.82) is 5.41 Å². The number of aromatic nitrogens is 2. The quantitative estimate of drug-likeness (QED) is 0.346. The molecular formula is C18H22N6O2S. The number of ether oxygens (including phenoxy) is 1. The number of carbonyl (C=O) groups is 1. The zero-order chi connectivity index (χ0) is 19.4. The second kappa shape index (κ2) is 8.28. The summed E-state index contributed by atoms with van der Waals surface area (Å²) in [5, 5.41) is 13.3. The smallest absolute Gasteiger partial charge is 0.262 e. The number of hydrogen-bond acceptors (Lipinski definition) is 8. The van der Waals surface area contributed by atoms with Crippen molar-refractivity contribution in [2.24, 2.45) is 0 Å². The van der Waals surface area contributed by atoms with Gasteiger partial charge in [0.2, 0.25) is 0 Å². The molecule has 9 heteroatoms. The number of nitrogens with one attached hydrogen (secondary N) is 2. The molecule has 0 spiro atoms. The van der Waals surface area contributed by atoms with Crippen LogP contribution >= 0.6 is 11.3 Å². The minimum atomic E-state index is -0.267. The molecule has 0 unspecified atom stereocenters. The maximum atomic E-state index is 13.2. The monoisotopic (exact) mass is 386 g/mol. The number of nitrogens with zero attached hydrogens (tertiary/aromatic N) is 3. The minimum absolute atomic E-state index is 0.0223. The molecule has 2 aromatic rings. The molecule has 2 aromatic heterocycles. The van der Waals surface area contributed by atoms with Crippen LogP contribution in [0.3, 0.4) is 0 Å². The topological polar surface area (TPSA) is 117 Å². The summed E-state index contributed by atoms with van der Waals surface area (Å²) in [6.07, 6.45) is 4.51. The van der Waals surface area contributed by atoms with Crippen LogP contribution in [0.5, 0.6) is 0 Å². The Morgan fingerprint density at radius 3 is 2.96 bits per heavy atom. The maximum Gasteiger partial charge on any atom is 0.262 e. The molecule has 0 aliphatic heterocycles. The van der Waals surface area contributed by atoms with Gasteiger partial charge in [0.25, 0.3) is 5.91 Å².